The Morgan fingerprint density at radius 2 is 1.94 bits per heavy atom. The number of halogens is 1. The van der Waals surface area contributed by atoms with E-state index in [1.807, 2.05) is 42.5 Å². The largest absolute Gasteiger partial charge is 0.486 e. The number of hydrogen-bond acceptors (Lipinski definition) is 7. The number of aldehydes is 1. The minimum atomic E-state index is 0.271. The number of anilines is 2. The zero-order valence-electron chi connectivity index (χ0n) is 17.2. The highest BCUT2D eigenvalue weighted by molar-refractivity contribution is 6.32. The molecule has 162 valence electrons. The van der Waals surface area contributed by atoms with Gasteiger partial charge in [-0.25, -0.2) is 9.97 Å². The lowest BCUT2D eigenvalue weighted by molar-refractivity contribution is 0.110. The van der Waals surface area contributed by atoms with E-state index in [1.165, 1.54) is 6.33 Å². The maximum atomic E-state index is 10.9. The van der Waals surface area contributed by atoms with Crippen LogP contribution in [0.4, 0.5) is 11.5 Å². The molecule has 7 nitrogen and oxygen atoms in total. The standard InChI is InChI=1S/C25H17ClN4O3/c26-21-12-17(5-8-24(21)32-14-18-3-1-2-10-27-18)30-25-20-11-16(4-7-22(20)28-15-29-25)23-9-6-19(13-31)33-23/h1-13,15H,14H2,(H,28,29,30). The van der Waals surface area contributed by atoms with Crippen molar-refractivity contribution in [2.24, 2.45) is 0 Å². The third-order valence-electron chi connectivity index (χ3n) is 4.96. The van der Waals surface area contributed by atoms with E-state index in [2.05, 4.69) is 20.3 Å². The van der Waals surface area contributed by atoms with Crippen LogP contribution in [0.25, 0.3) is 22.2 Å². The summed E-state index contributed by atoms with van der Waals surface area (Å²) < 4.78 is 11.3. The van der Waals surface area contributed by atoms with Crippen molar-refractivity contribution in [3.05, 3.63) is 95.7 Å². The second-order valence-corrected chi connectivity index (χ2v) is 7.56. The van der Waals surface area contributed by atoms with E-state index in [0.29, 0.717) is 35.2 Å². The summed E-state index contributed by atoms with van der Waals surface area (Å²) in [5.74, 6) is 2.03. The number of aromatic nitrogens is 3. The van der Waals surface area contributed by atoms with Crippen molar-refractivity contribution in [2.75, 3.05) is 5.32 Å². The van der Waals surface area contributed by atoms with Gasteiger partial charge in [0.1, 0.15) is 30.3 Å². The summed E-state index contributed by atoms with van der Waals surface area (Å²) in [6.07, 6.45) is 3.89. The number of nitrogens with one attached hydrogen (secondary N) is 1. The van der Waals surface area contributed by atoms with Gasteiger partial charge in [0, 0.05) is 22.8 Å². The van der Waals surface area contributed by atoms with Gasteiger partial charge in [0.05, 0.1) is 16.2 Å². The molecule has 0 aliphatic rings. The molecule has 1 N–H and O–H groups in total. The van der Waals surface area contributed by atoms with Crippen LogP contribution in [0.3, 0.4) is 0 Å². The molecule has 0 radical (unpaired) electrons. The normalized spacial score (nSPS) is 10.8. The van der Waals surface area contributed by atoms with Crippen LogP contribution in [0, 0.1) is 0 Å². The van der Waals surface area contributed by atoms with Gasteiger partial charge in [-0.2, -0.15) is 0 Å². The van der Waals surface area contributed by atoms with Gasteiger partial charge in [-0.3, -0.25) is 9.78 Å². The molecule has 2 aromatic carbocycles. The number of ether oxygens (including phenoxy) is 1. The van der Waals surface area contributed by atoms with Crippen LogP contribution in [-0.4, -0.2) is 21.2 Å². The highest BCUT2D eigenvalue weighted by atomic mass is 35.5. The fraction of sp³-hybridized carbons (Fsp3) is 0.0400. The fourth-order valence-corrected chi connectivity index (χ4v) is 3.58. The monoisotopic (exact) mass is 456 g/mol. The Morgan fingerprint density at radius 1 is 1.00 bits per heavy atom. The third kappa shape index (κ3) is 4.53. The highest BCUT2D eigenvalue weighted by Gasteiger charge is 2.11. The summed E-state index contributed by atoms with van der Waals surface area (Å²) in [4.78, 5) is 23.9. The first-order valence-electron chi connectivity index (χ1n) is 10.1. The lowest BCUT2D eigenvalue weighted by atomic mass is 10.1. The maximum absolute atomic E-state index is 10.9. The molecule has 0 spiro atoms. The van der Waals surface area contributed by atoms with Crippen LogP contribution >= 0.6 is 11.6 Å². The Balaban J connectivity index is 1.39. The van der Waals surface area contributed by atoms with E-state index in [9.17, 15) is 4.79 Å². The van der Waals surface area contributed by atoms with Crippen molar-refractivity contribution in [1.29, 1.82) is 0 Å². The Hall–Kier alpha value is -4.23. The molecular formula is C25H17ClN4O3. The highest BCUT2D eigenvalue weighted by Crippen LogP contribution is 2.32. The molecule has 0 saturated heterocycles. The van der Waals surface area contributed by atoms with Gasteiger partial charge >= 0.3 is 0 Å². The van der Waals surface area contributed by atoms with Gasteiger partial charge in [-0.15, -0.1) is 0 Å². The second kappa shape index (κ2) is 9.10. The van der Waals surface area contributed by atoms with E-state index in [0.717, 1.165) is 27.8 Å². The Morgan fingerprint density at radius 3 is 2.73 bits per heavy atom. The Labute approximate surface area is 194 Å². The average Bonchev–Trinajstić information content (AvgIpc) is 3.34. The summed E-state index contributed by atoms with van der Waals surface area (Å²) in [7, 11) is 0. The minimum Gasteiger partial charge on any atom is -0.486 e. The predicted molar refractivity (Wildman–Crippen MR) is 126 cm³/mol. The van der Waals surface area contributed by atoms with E-state index in [1.54, 1.807) is 30.5 Å². The van der Waals surface area contributed by atoms with Crippen molar-refractivity contribution >= 4 is 40.3 Å². The summed E-state index contributed by atoms with van der Waals surface area (Å²) in [5.41, 5.74) is 3.14. The number of pyridine rings is 1. The number of carbonyl (C=O) groups is 1. The molecule has 5 rings (SSSR count). The van der Waals surface area contributed by atoms with Crippen molar-refractivity contribution in [3.63, 3.8) is 0 Å². The molecule has 0 fully saturated rings. The first-order chi connectivity index (χ1) is 16.2. The van der Waals surface area contributed by atoms with Gasteiger partial charge in [-0.05, 0) is 60.7 Å². The molecule has 0 bridgehead atoms. The molecular weight excluding hydrogens is 440 g/mol. The molecule has 3 aromatic heterocycles. The van der Waals surface area contributed by atoms with Crippen molar-refractivity contribution in [2.45, 2.75) is 6.61 Å². The summed E-state index contributed by atoms with van der Waals surface area (Å²) in [5, 5.41) is 4.56. The number of benzene rings is 2. The van der Waals surface area contributed by atoms with E-state index < -0.39 is 0 Å². The second-order valence-electron chi connectivity index (χ2n) is 7.15. The van der Waals surface area contributed by atoms with Crippen molar-refractivity contribution in [3.8, 4) is 17.1 Å². The van der Waals surface area contributed by atoms with E-state index in [-0.39, 0.29) is 5.76 Å². The molecule has 33 heavy (non-hydrogen) atoms. The zero-order chi connectivity index (χ0) is 22.6. The van der Waals surface area contributed by atoms with Crippen molar-refractivity contribution < 1.29 is 13.9 Å². The quantitative estimate of drug-likeness (QED) is 0.297. The van der Waals surface area contributed by atoms with Gasteiger partial charge in [0.25, 0.3) is 0 Å². The minimum absolute atomic E-state index is 0.271. The molecule has 0 aliphatic heterocycles. The first-order valence-corrected chi connectivity index (χ1v) is 10.5. The van der Waals surface area contributed by atoms with Crippen molar-refractivity contribution in [1.82, 2.24) is 15.0 Å². The number of furan rings is 1. The van der Waals surface area contributed by atoms with Crippen LogP contribution in [0.15, 0.2) is 83.7 Å². The van der Waals surface area contributed by atoms with Gasteiger partial charge in [-0.1, -0.05) is 17.7 Å². The molecule has 0 amide bonds. The molecule has 0 aliphatic carbocycles. The van der Waals surface area contributed by atoms with E-state index >= 15 is 0 Å². The topological polar surface area (TPSA) is 90.1 Å². The third-order valence-corrected chi connectivity index (χ3v) is 5.25. The molecule has 5 aromatic rings. The average molecular weight is 457 g/mol. The van der Waals surface area contributed by atoms with Crippen LogP contribution in [-0.2, 0) is 6.61 Å². The lowest BCUT2D eigenvalue weighted by Gasteiger charge is -2.12. The summed E-state index contributed by atoms with van der Waals surface area (Å²) in [6.45, 7) is 0.325. The molecule has 0 atom stereocenters. The first kappa shape index (κ1) is 20.7. The number of rotatable bonds is 7. The summed E-state index contributed by atoms with van der Waals surface area (Å²) in [6, 6.07) is 20.1. The van der Waals surface area contributed by atoms with E-state index in [4.69, 9.17) is 20.8 Å². The van der Waals surface area contributed by atoms with Gasteiger partial charge < -0.3 is 14.5 Å². The number of nitrogens with zero attached hydrogens (tertiary/aromatic N) is 3. The van der Waals surface area contributed by atoms with Crippen LogP contribution in [0.5, 0.6) is 5.75 Å². The number of carbonyl (C=O) groups excluding carboxylic acids is 1. The molecule has 8 heteroatoms. The summed E-state index contributed by atoms with van der Waals surface area (Å²) >= 11 is 6.44. The molecule has 3 heterocycles. The lowest BCUT2D eigenvalue weighted by Crippen LogP contribution is -1.99. The zero-order valence-corrected chi connectivity index (χ0v) is 18.0. The smallest absolute Gasteiger partial charge is 0.185 e. The SMILES string of the molecule is O=Cc1ccc(-c2ccc3ncnc(Nc4ccc(OCc5ccccn5)c(Cl)c4)c3c2)o1. The number of fused-ring (bicyclic) bond motifs is 1. The maximum Gasteiger partial charge on any atom is 0.185 e. The fourth-order valence-electron chi connectivity index (χ4n) is 3.35. The van der Waals surface area contributed by atoms with Crippen LogP contribution < -0.4 is 10.1 Å². The van der Waals surface area contributed by atoms with Crippen LogP contribution in [0.1, 0.15) is 16.2 Å². The molecule has 0 unspecified atom stereocenters. The van der Waals surface area contributed by atoms with Crippen LogP contribution in [0.2, 0.25) is 5.02 Å². The number of hydrogen-bond donors (Lipinski definition) is 1. The Bertz CT molecular complexity index is 1440. The Kier molecular flexibility index (Phi) is 5.70. The van der Waals surface area contributed by atoms with Gasteiger partial charge in [0.15, 0.2) is 12.0 Å². The predicted octanol–water partition coefficient (Wildman–Crippen LogP) is 6.07. The van der Waals surface area contributed by atoms with Gasteiger partial charge in [0.2, 0.25) is 0 Å². The molecule has 0 saturated carbocycles.